The smallest absolute Gasteiger partial charge is 0.313 e. The summed E-state index contributed by atoms with van der Waals surface area (Å²) in [6.45, 7) is 1.55. The fraction of sp³-hybridized carbons (Fsp3) is 0.366. The first-order chi connectivity index (χ1) is 26.3. The van der Waals surface area contributed by atoms with Crippen molar-refractivity contribution in [1.82, 2.24) is 30.1 Å². The van der Waals surface area contributed by atoms with Crippen LogP contribution >= 0.6 is 0 Å². The van der Waals surface area contributed by atoms with Crippen molar-refractivity contribution in [2.24, 2.45) is 11.8 Å². The standard InChI is InChI=1S/C41H42N6O7/c1-26-36(28-15-6-3-7-16-28)53-40(52)34-32(19-10-11-20-33(49)42-26)54-41-21-12-22-45(25-46-31-18-9-8-17-30(31)43-44-46)39(51)37(41)47(38(50)35(34)41)29(24-48)23-27-13-4-2-5-14-27/h2-10,12-19,21,26,29,32,34-37,48H,11,20,22-25H2,1H3,(H,42,49)/b19-10-/t26-,29-,32-,34+,35+,36+,37-,41+/m1/s1. The number of fused-ring (bicyclic) bond motifs is 3. The van der Waals surface area contributed by atoms with E-state index in [0.717, 1.165) is 11.1 Å². The molecule has 2 fully saturated rings. The van der Waals surface area contributed by atoms with E-state index in [9.17, 15) is 14.7 Å². The van der Waals surface area contributed by atoms with Crippen molar-refractivity contribution < 1.29 is 33.8 Å². The van der Waals surface area contributed by atoms with Crippen LogP contribution in [0.1, 0.15) is 37.0 Å². The minimum absolute atomic E-state index is 0.0396. The Hall–Kier alpha value is -5.66. The van der Waals surface area contributed by atoms with E-state index in [2.05, 4.69) is 15.6 Å². The van der Waals surface area contributed by atoms with Crippen LogP contribution in [-0.2, 0) is 41.7 Å². The van der Waals surface area contributed by atoms with Crippen molar-refractivity contribution in [2.75, 3.05) is 13.2 Å². The van der Waals surface area contributed by atoms with Crippen LogP contribution in [-0.4, -0.2) is 96.6 Å². The van der Waals surface area contributed by atoms with Crippen molar-refractivity contribution in [2.45, 2.75) is 68.8 Å². The SMILES string of the molecule is C[C@H]1NC(=O)CC/C=C\[C@H]2O[C@]34C=CCN(Cn5nnc6ccccc65)C(=O)[C@H]3N([C@@H](CO)Cc3ccccc3)C(=O)[C@@H]4[C@H]2C(=O)O[C@@H]1c1ccccc1. The van der Waals surface area contributed by atoms with Crippen molar-refractivity contribution in [3.8, 4) is 0 Å². The van der Waals surface area contributed by atoms with Crippen molar-refractivity contribution in [1.29, 1.82) is 0 Å². The molecular weight excluding hydrogens is 688 g/mol. The van der Waals surface area contributed by atoms with Gasteiger partial charge < -0.3 is 29.7 Å². The number of aliphatic hydroxyl groups is 1. The number of hydrogen-bond acceptors (Lipinski definition) is 9. The average Bonchev–Trinajstić information content (AvgIpc) is 3.78. The highest BCUT2D eigenvalue weighted by molar-refractivity contribution is 5.99. The summed E-state index contributed by atoms with van der Waals surface area (Å²) in [4.78, 5) is 60.8. The van der Waals surface area contributed by atoms with Crippen LogP contribution < -0.4 is 5.32 Å². The number of likely N-dealkylation sites (tertiary alicyclic amines) is 1. The van der Waals surface area contributed by atoms with E-state index >= 15 is 9.59 Å². The summed E-state index contributed by atoms with van der Waals surface area (Å²) in [5.74, 6) is -4.08. The highest BCUT2D eigenvalue weighted by Gasteiger charge is 2.72. The summed E-state index contributed by atoms with van der Waals surface area (Å²) in [7, 11) is 0. The minimum atomic E-state index is -1.59. The lowest BCUT2D eigenvalue weighted by molar-refractivity contribution is -0.162. The molecule has 2 saturated heterocycles. The van der Waals surface area contributed by atoms with E-state index in [1.165, 1.54) is 4.90 Å². The van der Waals surface area contributed by atoms with Gasteiger partial charge in [0.15, 0.2) is 0 Å². The maximum atomic E-state index is 15.1. The number of amides is 3. The molecule has 54 heavy (non-hydrogen) atoms. The van der Waals surface area contributed by atoms with Crippen LogP contribution in [0.4, 0.5) is 0 Å². The molecule has 3 amide bonds. The number of allylic oxidation sites excluding steroid dienone is 1. The van der Waals surface area contributed by atoms with E-state index in [1.54, 1.807) is 40.8 Å². The molecule has 8 atom stereocenters. The highest BCUT2D eigenvalue weighted by Crippen LogP contribution is 2.54. The van der Waals surface area contributed by atoms with Gasteiger partial charge in [-0.15, -0.1) is 5.10 Å². The zero-order valence-corrected chi connectivity index (χ0v) is 29.8. The zero-order valence-electron chi connectivity index (χ0n) is 29.8. The van der Waals surface area contributed by atoms with Gasteiger partial charge in [-0.2, -0.15) is 0 Å². The summed E-state index contributed by atoms with van der Waals surface area (Å²) in [5, 5.41) is 22.5. The number of benzene rings is 3. The molecule has 13 heteroatoms. The number of esters is 1. The first kappa shape index (κ1) is 35.4. The van der Waals surface area contributed by atoms with Gasteiger partial charge in [-0.1, -0.05) is 102 Å². The number of ether oxygens (including phenoxy) is 2. The number of carbonyl (C=O) groups excluding carboxylic acids is 4. The first-order valence-corrected chi connectivity index (χ1v) is 18.4. The van der Waals surface area contributed by atoms with Gasteiger partial charge in [0.1, 0.15) is 35.9 Å². The predicted octanol–water partition coefficient (Wildman–Crippen LogP) is 3.11. The summed E-state index contributed by atoms with van der Waals surface area (Å²) in [5.41, 5.74) is 1.37. The monoisotopic (exact) mass is 730 g/mol. The number of para-hydroxylation sites is 1. The summed E-state index contributed by atoms with van der Waals surface area (Å²) in [6.07, 6.45) is 6.05. The Bertz CT molecular complexity index is 2100. The number of carbonyl (C=O) groups is 4. The Kier molecular flexibility index (Phi) is 9.59. The molecule has 1 spiro atoms. The van der Waals surface area contributed by atoms with Crippen LogP contribution in [0.5, 0.6) is 0 Å². The molecule has 0 saturated carbocycles. The number of cyclic esters (lactones) is 1. The Morgan fingerprint density at radius 3 is 2.46 bits per heavy atom. The second-order valence-electron chi connectivity index (χ2n) is 14.4. The first-order valence-electron chi connectivity index (χ1n) is 18.4. The van der Waals surface area contributed by atoms with Crippen molar-refractivity contribution in [3.63, 3.8) is 0 Å². The number of rotatable bonds is 7. The lowest BCUT2D eigenvalue weighted by Gasteiger charge is -2.38. The minimum Gasteiger partial charge on any atom is -0.455 e. The average molecular weight is 731 g/mol. The van der Waals surface area contributed by atoms with Gasteiger partial charge in [0.05, 0.1) is 36.2 Å². The molecule has 3 aromatic carbocycles. The van der Waals surface area contributed by atoms with Gasteiger partial charge >= 0.3 is 5.97 Å². The Morgan fingerprint density at radius 2 is 1.69 bits per heavy atom. The molecule has 0 unspecified atom stereocenters. The van der Waals surface area contributed by atoms with Crippen LogP contribution in [0.25, 0.3) is 11.0 Å². The molecule has 8 rings (SSSR count). The molecule has 4 aliphatic heterocycles. The van der Waals surface area contributed by atoms with Crippen molar-refractivity contribution in [3.05, 3.63) is 120 Å². The normalized spacial score (nSPS) is 29.7. The quantitative estimate of drug-likeness (QED) is 0.216. The third kappa shape index (κ3) is 6.26. The van der Waals surface area contributed by atoms with Crippen molar-refractivity contribution >= 4 is 34.7 Å². The fourth-order valence-corrected chi connectivity index (χ4v) is 8.53. The number of nitrogens with zero attached hydrogens (tertiary/aromatic N) is 5. The third-order valence-corrected chi connectivity index (χ3v) is 11.0. The Labute approximate surface area is 312 Å². The van der Waals surface area contributed by atoms with Crippen LogP contribution in [0.2, 0.25) is 0 Å². The van der Waals surface area contributed by atoms with Gasteiger partial charge in [-0.05, 0) is 43.0 Å². The molecule has 0 bridgehead atoms. The molecule has 278 valence electrons. The Morgan fingerprint density at radius 1 is 0.944 bits per heavy atom. The second kappa shape index (κ2) is 14.6. The number of hydrogen-bond donors (Lipinski definition) is 2. The van der Waals surface area contributed by atoms with Gasteiger partial charge in [-0.25, -0.2) is 4.68 Å². The number of nitrogens with one attached hydrogen (secondary N) is 1. The maximum Gasteiger partial charge on any atom is 0.313 e. The van der Waals surface area contributed by atoms with Gasteiger partial charge in [0, 0.05) is 13.0 Å². The molecule has 1 aromatic heterocycles. The molecule has 4 aromatic rings. The van der Waals surface area contributed by atoms with E-state index in [4.69, 9.17) is 9.47 Å². The second-order valence-corrected chi connectivity index (χ2v) is 14.4. The maximum absolute atomic E-state index is 15.1. The molecule has 4 aliphatic rings. The summed E-state index contributed by atoms with van der Waals surface area (Å²) >= 11 is 0. The van der Waals surface area contributed by atoms with E-state index in [0.29, 0.717) is 17.5 Å². The molecule has 2 N–H and O–H groups in total. The molecule has 13 nitrogen and oxygen atoms in total. The summed E-state index contributed by atoms with van der Waals surface area (Å²) in [6, 6.07) is 23.4. The van der Waals surface area contributed by atoms with E-state index < -0.39 is 72.2 Å². The summed E-state index contributed by atoms with van der Waals surface area (Å²) < 4.78 is 14.8. The lowest BCUT2D eigenvalue weighted by atomic mass is 9.77. The number of aromatic nitrogens is 3. The zero-order chi connectivity index (χ0) is 37.4. The van der Waals surface area contributed by atoms with E-state index in [1.807, 2.05) is 84.9 Å². The van der Waals surface area contributed by atoms with E-state index in [-0.39, 0.29) is 32.0 Å². The molecular formula is C41H42N6O7. The topological polar surface area (TPSA) is 156 Å². The number of aliphatic hydroxyl groups excluding tert-OH is 1. The third-order valence-electron chi connectivity index (χ3n) is 11.0. The van der Waals surface area contributed by atoms with Gasteiger partial charge in [0.25, 0.3) is 5.91 Å². The van der Waals surface area contributed by atoms with Crippen LogP contribution in [0, 0.1) is 11.8 Å². The lowest BCUT2D eigenvalue weighted by Crippen LogP contribution is -2.58. The fourth-order valence-electron chi connectivity index (χ4n) is 8.53. The van der Waals surface area contributed by atoms with Gasteiger partial charge in [0.2, 0.25) is 11.8 Å². The largest absolute Gasteiger partial charge is 0.455 e. The van der Waals surface area contributed by atoms with Gasteiger partial charge in [-0.3, -0.25) is 19.2 Å². The molecule has 0 aliphatic carbocycles. The Balaban J connectivity index is 1.22. The highest BCUT2D eigenvalue weighted by atomic mass is 16.6. The predicted molar refractivity (Wildman–Crippen MR) is 196 cm³/mol. The van der Waals surface area contributed by atoms with Crippen LogP contribution in [0.15, 0.2) is 109 Å². The molecule has 0 radical (unpaired) electrons. The van der Waals surface area contributed by atoms with Crippen LogP contribution in [0.3, 0.4) is 0 Å². The molecule has 5 heterocycles.